The Labute approximate surface area is 235 Å². The molecule has 5 aromatic rings. The Morgan fingerprint density at radius 2 is 1.83 bits per heavy atom. The van der Waals surface area contributed by atoms with E-state index in [1.807, 2.05) is 79.7 Å². The predicted octanol–water partition coefficient (Wildman–Crippen LogP) is 5.38. The molecule has 0 atom stereocenters. The van der Waals surface area contributed by atoms with Crippen molar-refractivity contribution in [1.82, 2.24) is 40.0 Å². The zero-order valence-corrected chi connectivity index (χ0v) is 23.5. The highest BCUT2D eigenvalue weighted by Gasteiger charge is 2.24. The molecule has 0 spiro atoms. The van der Waals surface area contributed by atoms with Gasteiger partial charge in [0.25, 0.3) is 0 Å². The average molecular weight is 564 g/mol. The summed E-state index contributed by atoms with van der Waals surface area (Å²) in [6.07, 6.45) is 1.67. The number of halogens is 2. The number of hydrogen-bond acceptors (Lipinski definition) is 9. The van der Waals surface area contributed by atoms with Crippen LogP contribution in [0.2, 0.25) is 0 Å². The van der Waals surface area contributed by atoms with Gasteiger partial charge in [0.1, 0.15) is 16.8 Å². The van der Waals surface area contributed by atoms with Gasteiger partial charge in [-0.25, -0.2) is 9.97 Å². The second kappa shape index (κ2) is 11.8. The highest BCUT2D eigenvalue weighted by atomic mass is 19.3. The Morgan fingerprint density at radius 3 is 2.49 bits per heavy atom. The third kappa shape index (κ3) is 5.79. The minimum Gasteiger partial charge on any atom is -0.497 e. The lowest BCUT2D eigenvalue weighted by atomic mass is 10.1. The summed E-state index contributed by atoms with van der Waals surface area (Å²) in [5.74, 6) is 1.34. The van der Waals surface area contributed by atoms with Crippen molar-refractivity contribution >= 4 is 16.7 Å². The molecule has 11 nitrogen and oxygen atoms in total. The van der Waals surface area contributed by atoms with Crippen LogP contribution >= 0.6 is 0 Å². The lowest BCUT2D eigenvalue weighted by Crippen LogP contribution is -2.24. The maximum atomic E-state index is 13.3. The number of benzene rings is 1. The summed E-state index contributed by atoms with van der Waals surface area (Å²) in [7, 11) is 1.61. The zero-order valence-electron chi connectivity index (χ0n) is 23.5. The first kappa shape index (κ1) is 27.9. The Balaban J connectivity index is 1.72. The molecule has 0 saturated heterocycles. The van der Waals surface area contributed by atoms with Gasteiger partial charge in [-0.2, -0.15) is 13.9 Å². The fourth-order valence-corrected chi connectivity index (χ4v) is 4.60. The molecule has 0 aliphatic rings. The molecule has 41 heavy (non-hydrogen) atoms. The van der Waals surface area contributed by atoms with Crippen LogP contribution in [-0.4, -0.2) is 53.7 Å². The van der Waals surface area contributed by atoms with E-state index in [1.165, 1.54) is 0 Å². The van der Waals surface area contributed by atoms with E-state index >= 15 is 0 Å². The first-order valence-corrected chi connectivity index (χ1v) is 13.2. The molecular weight excluding hydrogens is 532 g/mol. The number of anilines is 1. The van der Waals surface area contributed by atoms with Gasteiger partial charge in [-0.1, -0.05) is 16.9 Å². The van der Waals surface area contributed by atoms with Gasteiger partial charge in [0.15, 0.2) is 5.82 Å². The lowest BCUT2D eigenvalue weighted by Gasteiger charge is -2.26. The smallest absolute Gasteiger partial charge is 0.350 e. The van der Waals surface area contributed by atoms with Crippen LogP contribution in [0.5, 0.6) is 11.6 Å². The maximum absolute atomic E-state index is 13.3. The zero-order chi connectivity index (χ0) is 29.1. The lowest BCUT2D eigenvalue weighted by molar-refractivity contribution is 0.0394. The molecule has 0 aliphatic heterocycles. The third-order valence-corrected chi connectivity index (χ3v) is 6.47. The Hall–Kier alpha value is -4.68. The van der Waals surface area contributed by atoms with Gasteiger partial charge in [0.05, 0.1) is 42.9 Å². The molecule has 0 saturated carbocycles. The van der Waals surface area contributed by atoms with Crippen molar-refractivity contribution in [1.29, 1.82) is 0 Å². The highest BCUT2D eigenvalue weighted by Crippen LogP contribution is 2.37. The molecule has 13 heteroatoms. The molecule has 4 aromatic heterocycles. The fraction of sp³-hybridized carbons (Fsp3) is 0.357. The first-order valence-electron chi connectivity index (χ1n) is 13.2. The summed E-state index contributed by atoms with van der Waals surface area (Å²) >= 11 is 0. The van der Waals surface area contributed by atoms with E-state index in [4.69, 9.17) is 19.6 Å². The number of pyridine rings is 2. The Bertz CT molecular complexity index is 1630. The van der Waals surface area contributed by atoms with E-state index in [1.54, 1.807) is 13.3 Å². The number of aryl methyl sites for hydroxylation is 1. The quantitative estimate of drug-likeness (QED) is 0.209. The number of ether oxygens (including phenoxy) is 2. The normalized spacial score (nSPS) is 11.5. The van der Waals surface area contributed by atoms with Crippen LogP contribution in [0.1, 0.15) is 50.4 Å². The van der Waals surface area contributed by atoms with Crippen molar-refractivity contribution in [2.45, 2.75) is 53.4 Å². The summed E-state index contributed by atoms with van der Waals surface area (Å²) in [6.45, 7) is 5.95. The molecule has 0 unspecified atom stereocenters. The molecule has 0 bridgehead atoms. The van der Waals surface area contributed by atoms with Gasteiger partial charge in [-0.15, -0.1) is 10.2 Å². The van der Waals surface area contributed by atoms with E-state index < -0.39 is 6.55 Å². The van der Waals surface area contributed by atoms with Crippen LogP contribution in [0.4, 0.5) is 14.5 Å². The van der Waals surface area contributed by atoms with Crippen molar-refractivity contribution in [2.24, 2.45) is 0 Å². The molecule has 0 radical (unpaired) electrons. The summed E-state index contributed by atoms with van der Waals surface area (Å²) in [4.78, 5) is 11.7. The van der Waals surface area contributed by atoms with Crippen molar-refractivity contribution < 1.29 is 18.3 Å². The standard InChI is InChI=1S/C28H31F2N9O2/c1-6-41-27-21(8-7-13-31-27)22-14-23(26-25(32-22)18(4)34-38(26)17(2)3)37(15-19-9-11-20(40-5)12-10-19)16-24-33-36-39(35-24)28(29)30/h7-14,17,28H,6,15-16H2,1-5H3. The number of fused-ring (bicyclic) bond motifs is 1. The molecule has 1 aromatic carbocycles. The van der Waals surface area contributed by atoms with Crippen LogP contribution in [-0.2, 0) is 13.1 Å². The molecule has 214 valence electrons. The van der Waals surface area contributed by atoms with E-state index in [9.17, 15) is 8.78 Å². The number of methoxy groups -OCH3 is 1. The SMILES string of the molecule is CCOc1ncccc1-c1cc(N(Cc2ccc(OC)cc2)Cc2nnn(C(F)F)n2)c2c(n1)c(C)nn2C(C)C. The van der Waals surface area contributed by atoms with Crippen molar-refractivity contribution in [3.05, 3.63) is 65.7 Å². The van der Waals surface area contributed by atoms with Crippen LogP contribution in [0.3, 0.4) is 0 Å². The van der Waals surface area contributed by atoms with E-state index in [2.05, 4.69) is 20.4 Å². The summed E-state index contributed by atoms with van der Waals surface area (Å²) < 4.78 is 39.6. The minimum atomic E-state index is -2.89. The molecule has 5 rings (SSSR count). The topological polar surface area (TPSA) is 109 Å². The van der Waals surface area contributed by atoms with Crippen LogP contribution in [0, 0.1) is 6.92 Å². The second-order valence-electron chi connectivity index (χ2n) is 9.64. The molecule has 0 amide bonds. The minimum absolute atomic E-state index is 0.0237. The number of tetrazole rings is 1. The van der Waals surface area contributed by atoms with Gasteiger partial charge in [0, 0.05) is 18.8 Å². The van der Waals surface area contributed by atoms with Gasteiger partial charge >= 0.3 is 6.55 Å². The number of alkyl halides is 2. The first-order chi connectivity index (χ1) is 19.8. The molecule has 0 fully saturated rings. The van der Waals surface area contributed by atoms with Crippen molar-refractivity contribution in [3.8, 4) is 22.9 Å². The average Bonchev–Trinajstić information content (AvgIpc) is 3.58. The maximum Gasteiger partial charge on any atom is 0.350 e. The van der Waals surface area contributed by atoms with E-state index in [0.717, 1.165) is 33.8 Å². The number of rotatable bonds is 11. The third-order valence-electron chi connectivity index (χ3n) is 6.47. The number of hydrogen-bond donors (Lipinski definition) is 0. The van der Waals surface area contributed by atoms with E-state index in [-0.39, 0.29) is 18.4 Å². The van der Waals surface area contributed by atoms with Crippen molar-refractivity contribution in [2.75, 3.05) is 18.6 Å². The Kier molecular flexibility index (Phi) is 8.04. The predicted molar refractivity (Wildman–Crippen MR) is 149 cm³/mol. The molecular formula is C28H31F2N9O2. The molecule has 0 aliphatic carbocycles. The van der Waals surface area contributed by atoms with Gasteiger partial charge in [-0.3, -0.25) is 4.68 Å². The number of aromatic nitrogens is 8. The van der Waals surface area contributed by atoms with Gasteiger partial charge in [0.2, 0.25) is 5.88 Å². The van der Waals surface area contributed by atoms with Gasteiger partial charge < -0.3 is 14.4 Å². The molecule has 4 heterocycles. The van der Waals surface area contributed by atoms with Gasteiger partial charge in [-0.05, 0) is 68.8 Å². The fourth-order valence-electron chi connectivity index (χ4n) is 4.60. The second-order valence-corrected chi connectivity index (χ2v) is 9.64. The largest absolute Gasteiger partial charge is 0.497 e. The van der Waals surface area contributed by atoms with Crippen molar-refractivity contribution in [3.63, 3.8) is 0 Å². The highest BCUT2D eigenvalue weighted by molar-refractivity contribution is 5.93. The summed E-state index contributed by atoms with van der Waals surface area (Å²) in [5, 5.41) is 16.2. The van der Waals surface area contributed by atoms with Crippen LogP contribution in [0.25, 0.3) is 22.3 Å². The summed E-state index contributed by atoms with van der Waals surface area (Å²) in [6, 6.07) is 13.4. The monoisotopic (exact) mass is 563 g/mol. The summed E-state index contributed by atoms with van der Waals surface area (Å²) in [5.41, 5.74) is 5.36. The Morgan fingerprint density at radius 1 is 1.05 bits per heavy atom. The van der Waals surface area contributed by atoms with E-state index in [0.29, 0.717) is 35.0 Å². The number of nitrogens with zero attached hydrogens (tertiary/aromatic N) is 9. The van der Waals surface area contributed by atoms with Crippen LogP contribution < -0.4 is 14.4 Å². The van der Waals surface area contributed by atoms with Crippen LogP contribution in [0.15, 0.2) is 48.7 Å². The molecule has 0 N–H and O–H groups in total.